The highest BCUT2D eigenvalue weighted by Gasteiger charge is 2.48. The largest absolute Gasteiger partial charge is 0.471 e. The Morgan fingerprint density at radius 2 is 1.77 bits per heavy atom. The quantitative estimate of drug-likeness (QED) is 0.301. The van der Waals surface area contributed by atoms with Crippen molar-refractivity contribution in [3.63, 3.8) is 0 Å². The number of carbonyl (C=O) groups excluding carboxylic acids is 1. The summed E-state index contributed by atoms with van der Waals surface area (Å²) in [6, 6.07) is -2.00. The Balaban J connectivity index is 2.72. The van der Waals surface area contributed by atoms with Crippen LogP contribution in [0.5, 0.6) is 0 Å². The summed E-state index contributed by atoms with van der Waals surface area (Å²) in [4.78, 5) is 27.7. The van der Waals surface area contributed by atoms with Gasteiger partial charge in [-0.25, -0.2) is 4.57 Å². The van der Waals surface area contributed by atoms with Gasteiger partial charge in [-0.15, -0.1) is 0 Å². The molecule has 1 saturated heterocycles. The van der Waals surface area contributed by atoms with E-state index in [0.29, 0.717) is 0 Å². The average Bonchev–Trinajstić information content (AvgIpc) is 2.34. The van der Waals surface area contributed by atoms with E-state index in [9.17, 15) is 37.9 Å². The molecule has 0 radical (unpaired) electrons. The van der Waals surface area contributed by atoms with Crippen molar-refractivity contribution < 1.29 is 56.9 Å². The number of phosphoric acid groups is 1. The van der Waals surface area contributed by atoms with Crippen LogP contribution in [0.3, 0.4) is 0 Å². The minimum absolute atomic E-state index is 0.959. The number of aliphatic hydroxyl groups excluding tert-OH is 3. The zero-order chi connectivity index (χ0) is 17.3. The number of aliphatic hydroxyl groups is 3. The molecule has 1 aliphatic heterocycles. The van der Waals surface area contributed by atoms with Gasteiger partial charge < -0.3 is 35.2 Å². The van der Waals surface area contributed by atoms with Gasteiger partial charge >= 0.3 is 19.9 Å². The standard InChI is InChI=1S/C8H13F3NO9P/c9-8(10,11)7(16)12-3-5(14)4(13)2(21-6(3)15)1-20-22(17,18)19/h2-6,13-15H,1H2,(H,12,16)(H2,17,18,19)/t2-,3-,4-,5-,6?/m1/s1. The number of nitrogens with one attached hydrogen (secondary N) is 1. The van der Waals surface area contributed by atoms with Crippen molar-refractivity contribution in [2.24, 2.45) is 0 Å². The Kier molecular flexibility index (Phi) is 5.92. The number of hydrogen-bond donors (Lipinski definition) is 6. The summed E-state index contributed by atoms with van der Waals surface area (Å²) in [6.07, 6.45) is -13.2. The van der Waals surface area contributed by atoms with Gasteiger partial charge in [0.25, 0.3) is 0 Å². The lowest BCUT2D eigenvalue weighted by Gasteiger charge is -2.40. The lowest BCUT2D eigenvalue weighted by molar-refractivity contribution is -0.255. The van der Waals surface area contributed by atoms with Crippen molar-refractivity contribution in [2.45, 2.75) is 36.8 Å². The number of halogens is 3. The fourth-order valence-electron chi connectivity index (χ4n) is 1.64. The first kappa shape index (κ1) is 19.3. The third-order valence-corrected chi connectivity index (χ3v) is 3.17. The number of hydrogen-bond acceptors (Lipinski definition) is 7. The molecule has 0 aromatic heterocycles. The van der Waals surface area contributed by atoms with Crippen LogP contribution in [-0.4, -0.2) is 74.4 Å². The Bertz CT molecular complexity index is 455. The molecule has 130 valence electrons. The Labute approximate surface area is 120 Å². The van der Waals surface area contributed by atoms with Gasteiger partial charge in [-0.3, -0.25) is 9.32 Å². The first-order chi connectivity index (χ1) is 9.83. The van der Waals surface area contributed by atoms with Crippen molar-refractivity contribution in [3.05, 3.63) is 0 Å². The van der Waals surface area contributed by atoms with Crippen LogP contribution in [0.15, 0.2) is 0 Å². The van der Waals surface area contributed by atoms with Crippen LogP contribution >= 0.6 is 7.82 Å². The minimum Gasteiger partial charge on any atom is -0.388 e. The Morgan fingerprint density at radius 3 is 2.23 bits per heavy atom. The van der Waals surface area contributed by atoms with Gasteiger partial charge in [-0.05, 0) is 0 Å². The van der Waals surface area contributed by atoms with E-state index in [-0.39, 0.29) is 0 Å². The molecule has 5 atom stereocenters. The summed E-state index contributed by atoms with van der Waals surface area (Å²) in [5.74, 6) is -2.48. The van der Waals surface area contributed by atoms with Crippen LogP contribution in [0.2, 0.25) is 0 Å². The molecule has 14 heteroatoms. The van der Waals surface area contributed by atoms with Crippen molar-refractivity contribution >= 4 is 13.7 Å². The zero-order valence-corrected chi connectivity index (χ0v) is 11.4. The van der Waals surface area contributed by atoms with E-state index in [1.165, 1.54) is 5.32 Å². The second-order valence-corrected chi connectivity index (χ2v) is 5.57. The third kappa shape index (κ3) is 5.14. The van der Waals surface area contributed by atoms with Crippen LogP contribution in [0.4, 0.5) is 13.2 Å². The van der Waals surface area contributed by atoms with Crippen LogP contribution in [0, 0.1) is 0 Å². The van der Waals surface area contributed by atoms with E-state index < -0.39 is 57.2 Å². The topological polar surface area (TPSA) is 166 Å². The maximum Gasteiger partial charge on any atom is 0.471 e. The summed E-state index contributed by atoms with van der Waals surface area (Å²) >= 11 is 0. The summed E-state index contributed by atoms with van der Waals surface area (Å²) in [7, 11) is -4.93. The molecule has 22 heavy (non-hydrogen) atoms. The molecule has 0 aromatic rings. The SMILES string of the molecule is O=C(N[C@H]1C(O)O[C@H](COP(=O)(O)O)[C@@H](O)[C@@H]1O)C(F)(F)F. The minimum atomic E-state index is -5.29. The summed E-state index contributed by atoms with van der Waals surface area (Å²) in [5, 5.41) is 29.9. The van der Waals surface area contributed by atoms with Crippen LogP contribution < -0.4 is 5.32 Å². The number of amides is 1. The molecule has 0 saturated carbocycles. The molecule has 1 fully saturated rings. The maximum atomic E-state index is 12.1. The number of alkyl halides is 3. The van der Waals surface area contributed by atoms with Crippen molar-refractivity contribution in [1.29, 1.82) is 0 Å². The van der Waals surface area contributed by atoms with Crippen LogP contribution in [0.25, 0.3) is 0 Å². The van der Waals surface area contributed by atoms with Gasteiger partial charge in [0.05, 0.1) is 6.61 Å². The molecule has 1 aliphatic rings. The Morgan fingerprint density at radius 1 is 1.23 bits per heavy atom. The third-order valence-electron chi connectivity index (χ3n) is 2.68. The van der Waals surface area contributed by atoms with E-state index >= 15 is 0 Å². The lowest BCUT2D eigenvalue weighted by atomic mass is 9.97. The highest BCUT2D eigenvalue weighted by Crippen LogP contribution is 2.36. The lowest BCUT2D eigenvalue weighted by Crippen LogP contribution is -2.65. The molecule has 1 heterocycles. The normalized spacial score (nSPS) is 33.5. The van der Waals surface area contributed by atoms with Gasteiger partial charge in [-0.1, -0.05) is 0 Å². The van der Waals surface area contributed by atoms with E-state index in [0.717, 1.165) is 0 Å². The highest BCUT2D eigenvalue weighted by molar-refractivity contribution is 7.46. The molecular weight excluding hydrogens is 342 g/mol. The fourth-order valence-corrected chi connectivity index (χ4v) is 1.98. The zero-order valence-electron chi connectivity index (χ0n) is 10.5. The second-order valence-electron chi connectivity index (χ2n) is 4.33. The van der Waals surface area contributed by atoms with Gasteiger partial charge in [0.15, 0.2) is 6.29 Å². The molecular formula is C8H13F3NO9P. The maximum absolute atomic E-state index is 12.1. The monoisotopic (exact) mass is 355 g/mol. The second kappa shape index (κ2) is 6.76. The van der Waals surface area contributed by atoms with E-state index in [4.69, 9.17) is 9.79 Å². The molecule has 1 unspecified atom stereocenters. The van der Waals surface area contributed by atoms with Crippen molar-refractivity contribution in [1.82, 2.24) is 5.32 Å². The smallest absolute Gasteiger partial charge is 0.388 e. The number of carbonyl (C=O) groups is 1. The van der Waals surface area contributed by atoms with Gasteiger partial charge in [-0.2, -0.15) is 13.2 Å². The molecule has 1 amide bonds. The van der Waals surface area contributed by atoms with Gasteiger partial charge in [0.2, 0.25) is 0 Å². The molecule has 0 aromatic carbocycles. The first-order valence-electron chi connectivity index (χ1n) is 5.60. The van der Waals surface area contributed by atoms with E-state index in [1.54, 1.807) is 0 Å². The predicted octanol–water partition coefficient (Wildman–Crippen LogP) is -2.42. The van der Waals surface area contributed by atoms with E-state index in [1.807, 2.05) is 0 Å². The van der Waals surface area contributed by atoms with Gasteiger partial charge in [0, 0.05) is 0 Å². The van der Waals surface area contributed by atoms with Crippen molar-refractivity contribution in [2.75, 3.05) is 6.61 Å². The predicted molar refractivity (Wildman–Crippen MR) is 58.9 cm³/mol. The van der Waals surface area contributed by atoms with Crippen LogP contribution in [0.1, 0.15) is 0 Å². The Hall–Kier alpha value is -0.790. The average molecular weight is 355 g/mol. The molecule has 1 rings (SSSR count). The molecule has 0 bridgehead atoms. The van der Waals surface area contributed by atoms with Gasteiger partial charge in [0.1, 0.15) is 24.4 Å². The molecule has 0 spiro atoms. The number of rotatable bonds is 4. The van der Waals surface area contributed by atoms with Crippen molar-refractivity contribution in [3.8, 4) is 0 Å². The molecule has 6 N–H and O–H groups in total. The summed E-state index contributed by atoms with van der Waals surface area (Å²) < 4.78 is 55.4. The first-order valence-corrected chi connectivity index (χ1v) is 7.13. The number of ether oxygens (including phenoxy) is 1. The summed E-state index contributed by atoms with van der Waals surface area (Å²) in [5.41, 5.74) is 0. The highest BCUT2D eigenvalue weighted by atomic mass is 31.2. The molecule has 10 nitrogen and oxygen atoms in total. The summed E-state index contributed by atoms with van der Waals surface area (Å²) in [6.45, 7) is -0.959. The molecule has 0 aliphatic carbocycles. The van der Waals surface area contributed by atoms with E-state index in [2.05, 4.69) is 9.26 Å². The van der Waals surface area contributed by atoms with Crippen LogP contribution in [-0.2, 0) is 18.6 Å². The fraction of sp³-hybridized carbons (Fsp3) is 0.875. The number of phosphoric ester groups is 1.